The molecular weight excluding hydrogens is 539 g/mol. The average Bonchev–Trinajstić information content (AvgIpc) is 3.45. The zero-order valence-corrected chi connectivity index (χ0v) is 21.3. The normalized spacial score (nSPS) is 13.0. The molecule has 2 aromatic heterocycles. The van der Waals surface area contributed by atoms with Gasteiger partial charge in [0.25, 0.3) is 0 Å². The number of nitrogens with one attached hydrogen (secondary N) is 3. The monoisotopic (exact) mass is 568 g/mol. The van der Waals surface area contributed by atoms with Gasteiger partial charge in [-0.05, 0) is 60.0 Å². The Morgan fingerprint density at radius 1 is 1.28 bits per heavy atom. The SMILES string of the molecule is CCNC(=NCc1cccc(NC(=O)Cn2cccn2)c1)NCC(C)(O)c1ccsc1.I. The van der Waals surface area contributed by atoms with Gasteiger partial charge in [-0.15, -0.1) is 24.0 Å². The van der Waals surface area contributed by atoms with E-state index in [0.717, 1.165) is 11.1 Å². The molecule has 0 fully saturated rings. The highest BCUT2D eigenvalue weighted by molar-refractivity contribution is 14.0. The van der Waals surface area contributed by atoms with E-state index in [1.807, 2.05) is 48.0 Å². The highest BCUT2D eigenvalue weighted by atomic mass is 127. The number of nitrogens with zero attached hydrogens (tertiary/aromatic N) is 3. The molecule has 3 rings (SSSR count). The van der Waals surface area contributed by atoms with Crippen LogP contribution in [0.15, 0.2) is 64.5 Å². The van der Waals surface area contributed by atoms with Crippen LogP contribution in [-0.2, 0) is 23.5 Å². The summed E-state index contributed by atoms with van der Waals surface area (Å²) in [5.74, 6) is 0.473. The molecule has 8 nitrogen and oxygen atoms in total. The van der Waals surface area contributed by atoms with Gasteiger partial charge in [0.2, 0.25) is 5.91 Å². The molecule has 0 aliphatic heterocycles. The van der Waals surface area contributed by atoms with Gasteiger partial charge >= 0.3 is 0 Å². The lowest BCUT2D eigenvalue weighted by Crippen LogP contribution is -2.44. The molecule has 1 aromatic carbocycles. The summed E-state index contributed by atoms with van der Waals surface area (Å²) in [7, 11) is 0. The molecule has 32 heavy (non-hydrogen) atoms. The van der Waals surface area contributed by atoms with Crippen molar-refractivity contribution in [2.75, 3.05) is 18.4 Å². The number of thiophene rings is 1. The van der Waals surface area contributed by atoms with Gasteiger partial charge in [-0.25, -0.2) is 4.99 Å². The molecule has 1 unspecified atom stereocenters. The third-order valence-electron chi connectivity index (χ3n) is 4.58. The number of hydrogen-bond donors (Lipinski definition) is 4. The van der Waals surface area contributed by atoms with E-state index >= 15 is 0 Å². The summed E-state index contributed by atoms with van der Waals surface area (Å²) in [5, 5.41) is 27.9. The van der Waals surface area contributed by atoms with E-state index in [-0.39, 0.29) is 36.4 Å². The number of aliphatic hydroxyl groups is 1. The smallest absolute Gasteiger partial charge is 0.246 e. The Balaban J connectivity index is 0.00000363. The lowest BCUT2D eigenvalue weighted by Gasteiger charge is -2.24. The molecule has 0 spiro atoms. The first-order chi connectivity index (χ1) is 15.0. The second kappa shape index (κ2) is 12.6. The first kappa shape index (κ1) is 25.8. The van der Waals surface area contributed by atoms with Gasteiger partial charge in [0.1, 0.15) is 12.1 Å². The van der Waals surface area contributed by atoms with Crippen molar-refractivity contribution < 1.29 is 9.90 Å². The van der Waals surface area contributed by atoms with Crippen LogP contribution >= 0.6 is 35.3 Å². The van der Waals surface area contributed by atoms with E-state index in [1.54, 1.807) is 41.4 Å². The third kappa shape index (κ3) is 7.92. The lowest BCUT2D eigenvalue weighted by atomic mass is 9.99. The van der Waals surface area contributed by atoms with Crippen molar-refractivity contribution in [3.05, 3.63) is 70.7 Å². The first-order valence-corrected chi connectivity index (χ1v) is 11.0. The summed E-state index contributed by atoms with van der Waals surface area (Å²) in [4.78, 5) is 16.8. The number of carbonyl (C=O) groups is 1. The van der Waals surface area contributed by atoms with E-state index in [4.69, 9.17) is 0 Å². The van der Waals surface area contributed by atoms with E-state index in [9.17, 15) is 9.90 Å². The van der Waals surface area contributed by atoms with Crippen LogP contribution in [0.1, 0.15) is 25.0 Å². The largest absolute Gasteiger partial charge is 0.384 e. The minimum Gasteiger partial charge on any atom is -0.384 e. The van der Waals surface area contributed by atoms with Crippen LogP contribution in [0.2, 0.25) is 0 Å². The fourth-order valence-corrected chi connectivity index (χ4v) is 3.71. The molecule has 0 saturated heterocycles. The minimum atomic E-state index is -0.991. The van der Waals surface area contributed by atoms with Gasteiger partial charge in [-0.1, -0.05) is 12.1 Å². The third-order valence-corrected chi connectivity index (χ3v) is 5.27. The van der Waals surface area contributed by atoms with Crippen molar-refractivity contribution in [3.63, 3.8) is 0 Å². The molecule has 1 atom stereocenters. The maximum atomic E-state index is 12.2. The van der Waals surface area contributed by atoms with Crippen LogP contribution in [0, 0.1) is 0 Å². The van der Waals surface area contributed by atoms with Crippen LogP contribution in [-0.4, -0.2) is 39.8 Å². The molecule has 172 valence electrons. The maximum absolute atomic E-state index is 12.2. The van der Waals surface area contributed by atoms with Crippen molar-refractivity contribution in [1.82, 2.24) is 20.4 Å². The molecule has 10 heteroatoms. The molecular formula is C22H29IN6O2S. The molecule has 0 aliphatic rings. The molecule has 2 heterocycles. The van der Waals surface area contributed by atoms with Crippen LogP contribution in [0.25, 0.3) is 0 Å². The predicted octanol–water partition coefficient (Wildman–Crippen LogP) is 3.16. The fourth-order valence-electron chi connectivity index (χ4n) is 2.93. The Morgan fingerprint density at radius 3 is 2.81 bits per heavy atom. The predicted molar refractivity (Wildman–Crippen MR) is 139 cm³/mol. The number of benzene rings is 1. The van der Waals surface area contributed by atoms with Crippen LogP contribution in [0.5, 0.6) is 0 Å². The van der Waals surface area contributed by atoms with Crippen molar-refractivity contribution in [3.8, 4) is 0 Å². The van der Waals surface area contributed by atoms with E-state index < -0.39 is 5.60 Å². The number of aliphatic imine (C=N–C) groups is 1. The molecule has 3 aromatic rings. The summed E-state index contributed by atoms with van der Waals surface area (Å²) < 4.78 is 1.57. The number of hydrogen-bond acceptors (Lipinski definition) is 5. The van der Waals surface area contributed by atoms with Crippen molar-refractivity contribution >= 4 is 52.9 Å². The molecule has 0 bridgehead atoms. The number of rotatable bonds is 9. The van der Waals surface area contributed by atoms with Crippen LogP contribution in [0.3, 0.4) is 0 Å². The Kier molecular flexibility index (Phi) is 10.1. The Labute approximate surface area is 209 Å². The standard InChI is InChI=1S/C22H28N6O2S.HI/c1-3-23-21(25-16-22(2,30)18-8-11-31-15-18)24-13-17-6-4-7-19(12-17)27-20(29)14-28-10-5-9-26-28;/h4-12,15,30H,3,13-14,16H2,1-2H3,(H,27,29)(H2,23,24,25);1H. The summed E-state index contributed by atoms with van der Waals surface area (Å²) in [6.45, 7) is 5.40. The highest BCUT2D eigenvalue weighted by Gasteiger charge is 2.23. The Bertz CT molecular complexity index is 990. The zero-order chi connectivity index (χ0) is 22.1. The topological polar surface area (TPSA) is 104 Å². The van der Waals surface area contributed by atoms with E-state index in [2.05, 4.69) is 26.0 Å². The molecule has 1 amide bonds. The summed E-state index contributed by atoms with van der Waals surface area (Å²) in [6, 6.07) is 11.3. The second-order valence-electron chi connectivity index (χ2n) is 7.29. The van der Waals surface area contributed by atoms with Crippen molar-refractivity contribution in [2.24, 2.45) is 4.99 Å². The number of amides is 1. The molecule has 0 radical (unpaired) electrons. The number of aromatic nitrogens is 2. The minimum absolute atomic E-state index is 0. The quantitative estimate of drug-likeness (QED) is 0.181. The van der Waals surface area contributed by atoms with Gasteiger partial charge in [-0.3, -0.25) is 9.48 Å². The molecule has 0 aliphatic carbocycles. The summed E-state index contributed by atoms with van der Waals surface area (Å²) in [5.41, 5.74) is 1.55. The fraction of sp³-hybridized carbons (Fsp3) is 0.318. The van der Waals surface area contributed by atoms with Gasteiger partial charge in [0, 0.05) is 24.6 Å². The number of halogens is 1. The number of carbonyl (C=O) groups excluding carboxylic acids is 1. The zero-order valence-electron chi connectivity index (χ0n) is 18.1. The Morgan fingerprint density at radius 2 is 2.12 bits per heavy atom. The second-order valence-corrected chi connectivity index (χ2v) is 8.07. The van der Waals surface area contributed by atoms with E-state index in [1.165, 1.54) is 0 Å². The summed E-state index contributed by atoms with van der Waals surface area (Å²) in [6.07, 6.45) is 3.39. The number of guanidine groups is 1. The average molecular weight is 568 g/mol. The van der Waals surface area contributed by atoms with Crippen molar-refractivity contribution in [1.29, 1.82) is 0 Å². The van der Waals surface area contributed by atoms with Gasteiger partial charge in [0.15, 0.2) is 5.96 Å². The van der Waals surface area contributed by atoms with Gasteiger partial charge < -0.3 is 21.1 Å². The Hall–Kier alpha value is -2.44. The van der Waals surface area contributed by atoms with Gasteiger partial charge in [0.05, 0.1) is 13.1 Å². The first-order valence-electron chi connectivity index (χ1n) is 10.1. The van der Waals surface area contributed by atoms with Crippen molar-refractivity contribution in [2.45, 2.75) is 32.5 Å². The van der Waals surface area contributed by atoms with Crippen LogP contribution in [0.4, 0.5) is 5.69 Å². The van der Waals surface area contributed by atoms with Crippen LogP contribution < -0.4 is 16.0 Å². The lowest BCUT2D eigenvalue weighted by molar-refractivity contribution is -0.116. The van der Waals surface area contributed by atoms with Gasteiger partial charge in [-0.2, -0.15) is 16.4 Å². The maximum Gasteiger partial charge on any atom is 0.246 e. The highest BCUT2D eigenvalue weighted by Crippen LogP contribution is 2.22. The molecule has 4 N–H and O–H groups in total. The summed E-state index contributed by atoms with van der Waals surface area (Å²) >= 11 is 1.56. The molecule has 0 saturated carbocycles. The number of anilines is 1. The van der Waals surface area contributed by atoms with E-state index in [0.29, 0.717) is 31.3 Å².